The van der Waals surface area contributed by atoms with E-state index >= 15 is 0 Å². The molecule has 0 spiro atoms. The minimum atomic E-state index is -3.03. The van der Waals surface area contributed by atoms with Crippen molar-refractivity contribution in [3.05, 3.63) is 24.3 Å². The van der Waals surface area contributed by atoms with E-state index in [0.717, 1.165) is 0 Å². The minimum absolute atomic E-state index is 0.0307. The summed E-state index contributed by atoms with van der Waals surface area (Å²) in [5, 5.41) is 6.16. The number of hydrogen-bond donors (Lipinski definition) is 2. The lowest BCUT2D eigenvalue weighted by Gasteiger charge is -2.26. The fourth-order valence-corrected chi connectivity index (χ4v) is 4.72. The molecule has 1 aliphatic heterocycles. The van der Waals surface area contributed by atoms with E-state index in [4.69, 9.17) is 12.2 Å². The van der Waals surface area contributed by atoms with Gasteiger partial charge in [-0.25, -0.2) is 8.42 Å². The van der Waals surface area contributed by atoms with Gasteiger partial charge in [0.25, 0.3) is 0 Å². The molecule has 1 aromatic rings. The lowest BCUT2D eigenvalue weighted by atomic mass is 10.0. The Hall–Kier alpha value is -1.48. The Balaban J connectivity index is 1.92. The zero-order valence-corrected chi connectivity index (χ0v) is 13.4. The third-order valence-corrected chi connectivity index (χ3v) is 5.36. The zero-order valence-electron chi connectivity index (χ0n) is 11.8. The summed E-state index contributed by atoms with van der Waals surface area (Å²) in [7, 11) is -3.03. The maximum atomic E-state index is 12.0. The Morgan fingerprint density at radius 2 is 2.00 bits per heavy atom. The largest absolute Gasteiger partial charge is 0.435 e. The SMILES string of the molecule is C[C@@]1(NC(=S)Nc2ccc(OC(F)F)cc2)CCS(=O)(=O)C1. The molecule has 1 fully saturated rings. The predicted molar refractivity (Wildman–Crippen MR) is 84.1 cm³/mol. The molecule has 0 radical (unpaired) electrons. The standard InChI is InChI=1S/C13H16F2N2O3S2/c1-13(6-7-22(18,19)8-13)17-12(21)16-9-2-4-10(5-3-9)20-11(14)15/h2-5,11H,6-8H2,1H3,(H2,16,17,21)/t13-/m1/s1. The maximum absolute atomic E-state index is 12.0. The van der Waals surface area contributed by atoms with Crippen LogP contribution in [0, 0.1) is 0 Å². The summed E-state index contributed by atoms with van der Waals surface area (Å²) in [6.07, 6.45) is 0.484. The van der Waals surface area contributed by atoms with E-state index < -0.39 is 22.0 Å². The molecule has 1 heterocycles. The molecule has 5 nitrogen and oxygen atoms in total. The van der Waals surface area contributed by atoms with E-state index in [-0.39, 0.29) is 22.4 Å². The van der Waals surface area contributed by atoms with Crippen molar-refractivity contribution in [3.63, 3.8) is 0 Å². The van der Waals surface area contributed by atoms with E-state index in [9.17, 15) is 17.2 Å². The number of ether oxygens (including phenoxy) is 1. The molecule has 2 N–H and O–H groups in total. The molecule has 0 aliphatic carbocycles. The van der Waals surface area contributed by atoms with Crippen LogP contribution in [0.15, 0.2) is 24.3 Å². The number of hydrogen-bond acceptors (Lipinski definition) is 4. The van der Waals surface area contributed by atoms with Gasteiger partial charge in [-0.05, 0) is 49.8 Å². The van der Waals surface area contributed by atoms with Crippen LogP contribution in [0.4, 0.5) is 14.5 Å². The van der Waals surface area contributed by atoms with Gasteiger partial charge in [-0.15, -0.1) is 0 Å². The molecule has 0 saturated carbocycles. The number of anilines is 1. The first-order valence-corrected chi connectivity index (χ1v) is 8.75. The van der Waals surface area contributed by atoms with Crippen molar-refractivity contribution < 1.29 is 21.9 Å². The Bertz CT molecular complexity index is 650. The van der Waals surface area contributed by atoms with Crippen LogP contribution in [0.5, 0.6) is 5.75 Å². The van der Waals surface area contributed by atoms with Gasteiger partial charge in [-0.1, -0.05) is 0 Å². The van der Waals surface area contributed by atoms with Gasteiger partial charge < -0.3 is 15.4 Å². The van der Waals surface area contributed by atoms with E-state index in [1.165, 1.54) is 12.1 Å². The molecule has 122 valence electrons. The van der Waals surface area contributed by atoms with Gasteiger partial charge in [0.1, 0.15) is 5.75 Å². The summed E-state index contributed by atoms with van der Waals surface area (Å²) in [4.78, 5) is 0. The van der Waals surface area contributed by atoms with E-state index in [1.807, 2.05) is 0 Å². The highest BCUT2D eigenvalue weighted by molar-refractivity contribution is 7.91. The van der Waals surface area contributed by atoms with Gasteiger partial charge in [0.05, 0.1) is 17.0 Å². The molecular formula is C13H16F2N2O3S2. The van der Waals surface area contributed by atoms with Gasteiger partial charge >= 0.3 is 6.61 Å². The zero-order chi connectivity index (χ0) is 16.4. The molecular weight excluding hydrogens is 334 g/mol. The molecule has 0 unspecified atom stereocenters. The Morgan fingerprint density at radius 3 is 2.50 bits per heavy atom. The van der Waals surface area contributed by atoms with Crippen molar-refractivity contribution in [2.24, 2.45) is 0 Å². The number of benzene rings is 1. The van der Waals surface area contributed by atoms with Crippen LogP contribution in [-0.4, -0.2) is 37.2 Å². The second-order valence-corrected chi connectivity index (χ2v) is 7.98. The summed E-state index contributed by atoms with van der Waals surface area (Å²) in [5.41, 5.74) is -0.00895. The number of rotatable bonds is 4. The lowest BCUT2D eigenvalue weighted by Crippen LogP contribution is -2.48. The van der Waals surface area contributed by atoms with Crippen molar-refractivity contribution in [2.75, 3.05) is 16.8 Å². The number of sulfone groups is 1. The summed E-state index contributed by atoms with van der Waals surface area (Å²) in [6.45, 7) is -1.07. The first-order valence-electron chi connectivity index (χ1n) is 6.52. The molecule has 22 heavy (non-hydrogen) atoms. The second kappa shape index (κ2) is 6.33. The Morgan fingerprint density at radius 1 is 1.36 bits per heavy atom. The second-order valence-electron chi connectivity index (χ2n) is 5.38. The highest BCUT2D eigenvalue weighted by Gasteiger charge is 2.38. The topological polar surface area (TPSA) is 67.4 Å². The van der Waals surface area contributed by atoms with E-state index in [0.29, 0.717) is 12.1 Å². The first kappa shape index (κ1) is 16.9. The van der Waals surface area contributed by atoms with Crippen LogP contribution in [0.1, 0.15) is 13.3 Å². The van der Waals surface area contributed by atoms with Crippen LogP contribution >= 0.6 is 12.2 Å². The van der Waals surface area contributed by atoms with Crippen LogP contribution in [0.3, 0.4) is 0 Å². The van der Waals surface area contributed by atoms with Crippen LogP contribution in [0.2, 0.25) is 0 Å². The first-order chi connectivity index (χ1) is 10.2. The summed E-state index contributed by atoms with van der Waals surface area (Å²) in [6, 6.07) is 5.86. The highest BCUT2D eigenvalue weighted by Crippen LogP contribution is 2.23. The van der Waals surface area contributed by atoms with Crippen LogP contribution in [-0.2, 0) is 9.84 Å². The maximum Gasteiger partial charge on any atom is 0.387 e. The van der Waals surface area contributed by atoms with Crippen LogP contribution < -0.4 is 15.4 Å². The number of thiocarbonyl (C=S) groups is 1. The molecule has 1 atom stereocenters. The third kappa shape index (κ3) is 4.77. The minimum Gasteiger partial charge on any atom is -0.435 e. The van der Waals surface area contributed by atoms with Gasteiger partial charge in [0, 0.05) is 5.69 Å². The molecule has 1 saturated heterocycles. The molecule has 1 aromatic carbocycles. The quantitative estimate of drug-likeness (QED) is 0.811. The monoisotopic (exact) mass is 350 g/mol. The molecule has 0 aromatic heterocycles. The van der Waals surface area contributed by atoms with E-state index in [2.05, 4.69) is 15.4 Å². The molecule has 2 rings (SSSR count). The van der Waals surface area contributed by atoms with Crippen molar-refractivity contribution in [1.82, 2.24) is 5.32 Å². The van der Waals surface area contributed by atoms with Gasteiger partial charge in [-0.3, -0.25) is 0 Å². The molecule has 9 heteroatoms. The fraction of sp³-hybridized carbons (Fsp3) is 0.462. The molecule has 0 bridgehead atoms. The van der Waals surface area contributed by atoms with Crippen LogP contribution in [0.25, 0.3) is 0 Å². The van der Waals surface area contributed by atoms with Crippen molar-refractivity contribution >= 4 is 32.9 Å². The highest BCUT2D eigenvalue weighted by atomic mass is 32.2. The average molecular weight is 350 g/mol. The molecule has 0 amide bonds. The number of alkyl halides is 2. The average Bonchev–Trinajstić information content (AvgIpc) is 2.64. The Kier molecular flexibility index (Phi) is 4.86. The van der Waals surface area contributed by atoms with Gasteiger partial charge in [0.15, 0.2) is 14.9 Å². The summed E-state index contributed by atoms with van der Waals surface area (Å²) >= 11 is 5.15. The van der Waals surface area contributed by atoms with Crippen molar-refractivity contribution in [1.29, 1.82) is 0 Å². The fourth-order valence-electron chi connectivity index (χ4n) is 2.27. The normalized spacial score (nSPS) is 23.3. The number of nitrogens with one attached hydrogen (secondary N) is 2. The van der Waals surface area contributed by atoms with Crippen molar-refractivity contribution in [2.45, 2.75) is 25.5 Å². The predicted octanol–water partition coefficient (Wildman–Crippen LogP) is 2.15. The third-order valence-electron chi connectivity index (χ3n) is 3.26. The summed E-state index contributed by atoms with van der Waals surface area (Å²) in [5.74, 6) is 0.218. The lowest BCUT2D eigenvalue weighted by molar-refractivity contribution is -0.0498. The summed E-state index contributed by atoms with van der Waals surface area (Å²) < 4.78 is 51.4. The van der Waals surface area contributed by atoms with Gasteiger partial charge in [-0.2, -0.15) is 8.78 Å². The van der Waals surface area contributed by atoms with E-state index in [1.54, 1.807) is 19.1 Å². The Labute approximate surface area is 133 Å². The number of halogens is 2. The van der Waals surface area contributed by atoms with Gasteiger partial charge in [0.2, 0.25) is 0 Å². The van der Waals surface area contributed by atoms with Crippen molar-refractivity contribution in [3.8, 4) is 5.75 Å². The smallest absolute Gasteiger partial charge is 0.387 e. The molecule has 1 aliphatic rings.